The lowest BCUT2D eigenvalue weighted by Gasteiger charge is -2.32. The highest BCUT2D eigenvalue weighted by molar-refractivity contribution is 6.17. The van der Waals surface area contributed by atoms with Crippen molar-refractivity contribution in [1.29, 1.82) is 0 Å². The predicted molar refractivity (Wildman–Crippen MR) is 59.5 cm³/mol. The van der Waals surface area contributed by atoms with Crippen LogP contribution in [0.5, 0.6) is 0 Å². The number of likely N-dealkylation sites (tertiary alicyclic amines) is 1. The molecule has 0 radical (unpaired) electrons. The van der Waals surface area contributed by atoms with Gasteiger partial charge in [0.05, 0.1) is 0 Å². The van der Waals surface area contributed by atoms with Gasteiger partial charge in [-0.05, 0) is 25.2 Å². The number of carbonyl (C=O) groups is 1. The summed E-state index contributed by atoms with van der Waals surface area (Å²) in [5.41, 5.74) is 0. The lowest BCUT2D eigenvalue weighted by molar-refractivity contribution is -0.133. The van der Waals surface area contributed by atoms with E-state index in [-0.39, 0.29) is 0 Å². The summed E-state index contributed by atoms with van der Waals surface area (Å²) in [4.78, 5) is 13.7. The second kappa shape index (κ2) is 6.28. The van der Waals surface area contributed by atoms with Crippen molar-refractivity contribution < 1.29 is 4.79 Å². The monoisotopic (exact) mass is 217 g/mol. The molecule has 1 rings (SSSR count). The quantitative estimate of drug-likeness (QED) is 0.663. The van der Waals surface area contributed by atoms with Gasteiger partial charge in [-0.25, -0.2) is 0 Å². The number of nitrogens with zero attached hydrogens (tertiary/aromatic N) is 1. The summed E-state index contributed by atoms with van der Waals surface area (Å²) < 4.78 is 0. The third-order valence-electron chi connectivity index (χ3n) is 2.97. The number of rotatable bonds is 4. The van der Waals surface area contributed by atoms with E-state index in [1.165, 1.54) is 19.3 Å². The Kier molecular flexibility index (Phi) is 5.31. The number of hydrogen-bond acceptors (Lipinski definition) is 1. The van der Waals surface area contributed by atoms with E-state index in [0.29, 0.717) is 18.2 Å². The van der Waals surface area contributed by atoms with Crippen molar-refractivity contribution in [1.82, 2.24) is 4.90 Å². The molecular weight excluding hydrogens is 198 g/mol. The van der Waals surface area contributed by atoms with Gasteiger partial charge in [0, 0.05) is 25.4 Å². The molecule has 3 heteroatoms. The molecule has 1 amide bonds. The number of halogens is 1. The number of hydrogen-bond donors (Lipinski definition) is 0. The van der Waals surface area contributed by atoms with Gasteiger partial charge >= 0.3 is 0 Å². The topological polar surface area (TPSA) is 20.3 Å². The van der Waals surface area contributed by atoms with Crippen molar-refractivity contribution >= 4 is 17.5 Å². The van der Waals surface area contributed by atoms with Gasteiger partial charge in [-0.3, -0.25) is 4.79 Å². The molecule has 82 valence electrons. The van der Waals surface area contributed by atoms with Gasteiger partial charge < -0.3 is 4.90 Å². The molecule has 2 nitrogen and oxygen atoms in total. The van der Waals surface area contributed by atoms with Gasteiger partial charge in [0.1, 0.15) is 0 Å². The SMILES string of the molecule is CCC1CCCN(C(=O)CCCCl)C1. The Morgan fingerprint density at radius 2 is 2.36 bits per heavy atom. The number of piperidine rings is 1. The normalized spacial score (nSPS) is 22.4. The fourth-order valence-corrected chi connectivity index (χ4v) is 2.13. The lowest BCUT2D eigenvalue weighted by atomic mass is 9.95. The van der Waals surface area contributed by atoms with Crippen LogP contribution in [0.3, 0.4) is 0 Å². The molecule has 0 N–H and O–H groups in total. The fourth-order valence-electron chi connectivity index (χ4n) is 2.00. The first-order valence-corrected chi connectivity index (χ1v) is 6.15. The van der Waals surface area contributed by atoms with E-state index in [4.69, 9.17) is 11.6 Å². The van der Waals surface area contributed by atoms with Gasteiger partial charge in [-0.2, -0.15) is 0 Å². The molecular formula is C11H20ClNO. The van der Waals surface area contributed by atoms with Crippen LogP contribution in [0.1, 0.15) is 39.0 Å². The second-order valence-electron chi connectivity index (χ2n) is 4.05. The van der Waals surface area contributed by atoms with Gasteiger partial charge in [0.25, 0.3) is 0 Å². The molecule has 14 heavy (non-hydrogen) atoms. The van der Waals surface area contributed by atoms with Gasteiger partial charge in [0.2, 0.25) is 5.91 Å². The molecule has 1 fully saturated rings. The van der Waals surface area contributed by atoms with E-state index >= 15 is 0 Å². The summed E-state index contributed by atoms with van der Waals surface area (Å²) in [6.07, 6.45) is 5.09. The summed E-state index contributed by atoms with van der Waals surface area (Å²) in [7, 11) is 0. The van der Waals surface area contributed by atoms with Crippen LogP contribution < -0.4 is 0 Å². The average Bonchev–Trinajstić information content (AvgIpc) is 2.26. The van der Waals surface area contributed by atoms with Gasteiger partial charge in [-0.15, -0.1) is 11.6 Å². The molecule has 1 unspecified atom stereocenters. The fraction of sp³-hybridized carbons (Fsp3) is 0.909. The zero-order chi connectivity index (χ0) is 10.4. The maximum Gasteiger partial charge on any atom is 0.222 e. The van der Waals surface area contributed by atoms with Crippen molar-refractivity contribution in [3.8, 4) is 0 Å². The molecule has 0 aromatic rings. The summed E-state index contributed by atoms with van der Waals surface area (Å²) in [6, 6.07) is 0. The third kappa shape index (κ3) is 3.49. The van der Waals surface area contributed by atoms with Crippen LogP contribution in [-0.4, -0.2) is 29.8 Å². The molecule has 0 aromatic carbocycles. The first-order valence-electron chi connectivity index (χ1n) is 5.61. The highest BCUT2D eigenvalue weighted by Gasteiger charge is 2.21. The van der Waals surface area contributed by atoms with Crippen molar-refractivity contribution in [2.45, 2.75) is 39.0 Å². The standard InChI is InChI=1S/C11H20ClNO/c1-2-10-5-4-8-13(9-10)11(14)6-3-7-12/h10H,2-9H2,1H3. The second-order valence-corrected chi connectivity index (χ2v) is 4.43. The molecule has 1 heterocycles. The Morgan fingerprint density at radius 1 is 1.57 bits per heavy atom. The molecule has 0 bridgehead atoms. The van der Waals surface area contributed by atoms with Crippen LogP contribution in [0.15, 0.2) is 0 Å². The van der Waals surface area contributed by atoms with Crippen LogP contribution >= 0.6 is 11.6 Å². The zero-order valence-corrected chi connectivity index (χ0v) is 9.72. The van der Waals surface area contributed by atoms with Gasteiger partial charge in [0.15, 0.2) is 0 Å². The minimum absolute atomic E-state index is 0.295. The highest BCUT2D eigenvalue weighted by atomic mass is 35.5. The maximum absolute atomic E-state index is 11.7. The zero-order valence-electron chi connectivity index (χ0n) is 8.97. The molecule has 0 aliphatic carbocycles. The van der Waals surface area contributed by atoms with Crippen molar-refractivity contribution in [2.75, 3.05) is 19.0 Å². The largest absolute Gasteiger partial charge is 0.342 e. The Balaban J connectivity index is 2.31. The summed E-state index contributed by atoms with van der Waals surface area (Å²) in [5.74, 6) is 1.61. The Hall–Kier alpha value is -0.240. The van der Waals surface area contributed by atoms with Crippen LogP contribution in [-0.2, 0) is 4.79 Å². The Morgan fingerprint density at radius 3 is 3.00 bits per heavy atom. The molecule has 1 atom stereocenters. The minimum Gasteiger partial charge on any atom is -0.342 e. The van der Waals surface area contributed by atoms with E-state index in [1.807, 2.05) is 4.90 Å². The van der Waals surface area contributed by atoms with Crippen LogP contribution in [0.4, 0.5) is 0 Å². The van der Waals surface area contributed by atoms with E-state index in [9.17, 15) is 4.79 Å². The first kappa shape index (κ1) is 11.8. The number of amides is 1. The van der Waals surface area contributed by atoms with Crippen LogP contribution in [0.2, 0.25) is 0 Å². The summed E-state index contributed by atoms with van der Waals surface area (Å²) in [5, 5.41) is 0. The number of alkyl halides is 1. The Bertz CT molecular complexity index is 184. The van der Waals surface area contributed by atoms with E-state index in [1.54, 1.807) is 0 Å². The van der Waals surface area contributed by atoms with E-state index < -0.39 is 0 Å². The highest BCUT2D eigenvalue weighted by Crippen LogP contribution is 2.19. The van der Waals surface area contributed by atoms with Gasteiger partial charge in [-0.1, -0.05) is 13.3 Å². The third-order valence-corrected chi connectivity index (χ3v) is 3.24. The van der Waals surface area contributed by atoms with Crippen molar-refractivity contribution in [2.24, 2.45) is 5.92 Å². The average molecular weight is 218 g/mol. The van der Waals surface area contributed by atoms with E-state index in [0.717, 1.165) is 25.4 Å². The van der Waals surface area contributed by atoms with Crippen molar-refractivity contribution in [3.63, 3.8) is 0 Å². The molecule has 1 aliphatic heterocycles. The van der Waals surface area contributed by atoms with Crippen LogP contribution in [0, 0.1) is 5.92 Å². The van der Waals surface area contributed by atoms with E-state index in [2.05, 4.69) is 6.92 Å². The molecule has 1 saturated heterocycles. The summed E-state index contributed by atoms with van der Waals surface area (Å²) >= 11 is 5.57. The molecule has 0 saturated carbocycles. The molecule has 0 aromatic heterocycles. The first-order chi connectivity index (χ1) is 6.77. The minimum atomic E-state index is 0.295. The smallest absolute Gasteiger partial charge is 0.222 e. The summed E-state index contributed by atoms with van der Waals surface area (Å²) in [6.45, 7) is 4.13. The Labute approximate surface area is 91.6 Å². The number of carbonyl (C=O) groups excluding carboxylic acids is 1. The molecule has 1 aliphatic rings. The maximum atomic E-state index is 11.7. The lowest BCUT2D eigenvalue weighted by Crippen LogP contribution is -2.39. The molecule has 0 spiro atoms. The predicted octanol–water partition coefficient (Wildman–Crippen LogP) is 2.65. The van der Waals surface area contributed by atoms with Crippen LogP contribution in [0.25, 0.3) is 0 Å². The van der Waals surface area contributed by atoms with Crippen molar-refractivity contribution in [3.05, 3.63) is 0 Å².